The van der Waals surface area contributed by atoms with Gasteiger partial charge in [-0.15, -0.1) is 0 Å². The number of nitrogens with zero attached hydrogens (tertiary/aromatic N) is 1. The van der Waals surface area contributed by atoms with Gasteiger partial charge < -0.3 is 23.9 Å². The van der Waals surface area contributed by atoms with E-state index in [1.807, 2.05) is 67.6 Å². The van der Waals surface area contributed by atoms with Crippen molar-refractivity contribution in [1.82, 2.24) is 4.57 Å². The predicted molar refractivity (Wildman–Crippen MR) is 148 cm³/mol. The maximum absolute atomic E-state index is 13.8. The highest BCUT2D eigenvalue weighted by Gasteiger charge is 2.34. The Bertz CT molecular complexity index is 1520. The second kappa shape index (κ2) is 11.5. The molecule has 0 radical (unpaired) electrons. The molecule has 7 heteroatoms. The molecule has 0 aliphatic carbocycles. The minimum Gasteiger partial charge on any atom is -0.508 e. The largest absolute Gasteiger partial charge is 0.508 e. The zero-order valence-corrected chi connectivity index (χ0v) is 22.1. The summed E-state index contributed by atoms with van der Waals surface area (Å²) in [6, 6.07) is 24.2. The lowest BCUT2D eigenvalue weighted by Crippen LogP contribution is -2.33. The van der Waals surface area contributed by atoms with Crippen LogP contribution in [0.15, 0.2) is 83.7 Å². The van der Waals surface area contributed by atoms with Gasteiger partial charge in [-0.3, -0.25) is 9.59 Å². The number of phenols is 1. The summed E-state index contributed by atoms with van der Waals surface area (Å²) in [6.07, 6.45) is 1.38. The van der Waals surface area contributed by atoms with Gasteiger partial charge in [0.2, 0.25) is 0 Å². The fourth-order valence-corrected chi connectivity index (χ4v) is 5.01. The molecule has 0 bridgehead atoms. The first-order valence-corrected chi connectivity index (χ1v) is 13.0. The lowest BCUT2D eigenvalue weighted by molar-refractivity contribution is -0.135. The number of benzene rings is 3. The van der Waals surface area contributed by atoms with Gasteiger partial charge in [0, 0.05) is 36.2 Å². The first-order chi connectivity index (χ1) is 18.9. The highest BCUT2D eigenvalue weighted by molar-refractivity contribution is 5.78. The maximum Gasteiger partial charge on any atom is 0.312 e. The molecule has 0 unspecified atom stereocenters. The van der Waals surface area contributed by atoms with Gasteiger partial charge in [0.05, 0.1) is 25.7 Å². The van der Waals surface area contributed by atoms with Crippen molar-refractivity contribution in [1.29, 1.82) is 0 Å². The molecule has 200 valence electrons. The fourth-order valence-electron chi connectivity index (χ4n) is 5.01. The number of hydrogen-bond acceptors (Lipinski definition) is 6. The Balaban J connectivity index is 1.41. The molecule has 0 saturated heterocycles. The topological polar surface area (TPSA) is 87.0 Å². The monoisotopic (exact) mass is 525 g/mol. The molecule has 4 aromatic rings. The van der Waals surface area contributed by atoms with Crippen LogP contribution in [0.25, 0.3) is 0 Å². The quantitative estimate of drug-likeness (QED) is 0.303. The molecule has 0 saturated carbocycles. The van der Waals surface area contributed by atoms with Crippen molar-refractivity contribution in [3.8, 4) is 23.0 Å². The van der Waals surface area contributed by atoms with E-state index in [1.54, 1.807) is 29.9 Å². The number of hydrogen-bond donors (Lipinski definition) is 1. The summed E-state index contributed by atoms with van der Waals surface area (Å²) in [5.74, 6) is 1.11. The van der Waals surface area contributed by atoms with Gasteiger partial charge in [-0.1, -0.05) is 42.5 Å². The summed E-state index contributed by atoms with van der Waals surface area (Å²) < 4.78 is 18.7. The van der Waals surface area contributed by atoms with Crippen LogP contribution in [0.2, 0.25) is 0 Å². The van der Waals surface area contributed by atoms with Gasteiger partial charge in [0.25, 0.3) is 5.56 Å². The number of aryl methyl sites for hydroxylation is 2. The van der Waals surface area contributed by atoms with E-state index in [2.05, 4.69) is 0 Å². The molecule has 1 aromatic heterocycles. The van der Waals surface area contributed by atoms with Crippen LogP contribution in [0.3, 0.4) is 0 Å². The maximum atomic E-state index is 13.8. The average molecular weight is 526 g/mol. The van der Waals surface area contributed by atoms with Gasteiger partial charge in [-0.25, -0.2) is 0 Å². The SMILES string of the molecule is COc1ccc(CCOc2ccccc2[C@@H]2CC(=O)Oc3cc(C)n(CCc4ccc(O)cc4)c(=O)c32)cc1. The second-order valence-corrected chi connectivity index (χ2v) is 9.65. The van der Waals surface area contributed by atoms with Crippen LogP contribution < -0.4 is 19.8 Å². The predicted octanol–water partition coefficient (Wildman–Crippen LogP) is 5.18. The highest BCUT2D eigenvalue weighted by Crippen LogP contribution is 2.40. The molecule has 0 spiro atoms. The summed E-state index contributed by atoms with van der Waals surface area (Å²) in [5, 5.41) is 9.56. The van der Waals surface area contributed by atoms with E-state index >= 15 is 0 Å². The molecule has 7 nitrogen and oxygen atoms in total. The Morgan fingerprint density at radius 3 is 2.38 bits per heavy atom. The van der Waals surface area contributed by atoms with Crippen LogP contribution in [-0.4, -0.2) is 29.4 Å². The summed E-state index contributed by atoms with van der Waals surface area (Å²) >= 11 is 0. The fraction of sp³-hybridized carbons (Fsp3) is 0.250. The molecule has 2 heterocycles. The molecule has 0 amide bonds. The number of methoxy groups -OCH3 is 1. The Kier molecular flexibility index (Phi) is 7.68. The number of aromatic hydroxyl groups is 1. The Labute approximate surface area is 227 Å². The van der Waals surface area contributed by atoms with E-state index in [0.717, 1.165) is 28.1 Å². The third-order valence-electron chi connectivity index (χ3n) is 7.11. The van der Waals surface area contributed by atoms with Gasteiger partial charge in [0.1, 0.15) is 23.0 Å². The zero-order chi connectivity index (χ0) is 27.4. The molecule has 1 aliphatic heterocycles. The lowest BCUT2D eigenvalue weighted by atomic mass is 9.86. The summed E-state index contributed by atoms with van der Waals surface area (Å²) in [6.45, 7) is 2.74. The Morgan fingerprint density at radius 2 is 1.64 bits per heavy atom. The Hall–Kier alpha value is -4.52. The van der Waals surface area contributed by atoms with Crippen LogP contribution in [0.5, 0.6) is 23.0 Å². The summed E-state index contributed by atoms with van der Waals surface area (Å²) in [7, 11) is 1.64. The van der Waals surface area contributed by atoms with Crippen LogP contribution in [0.4, 0.5) is 0 Å². The average Bonchev–Trinajstić information content (AvgIpc) is 2.94. The van der Waals surface area contributed by atoms with E-state index in [9.17, 15) is 14.7 Å². The van der Waals surface area contributed by atoms with Crippen LogP contribution >= 0.6 is 0 Å². The standard InChI is InChI=1S/C32H31NO6/c1-21-19-29-31(32(36)33(21)17-15-22-7-11-24(34)12-8-22)27(20-30(35)39-29)26-5-3-4-6-28(26)38-18-16-23-9-13-25(37-2)14-10-23/h3-14,19,27,34H,15-18,20H2,1-2H3/t27-/m0/s1. The van der Waals surface area contributed by atoms with Crippen LogP contribution in [-0.2, 0) is 24.2 Å². The van der Waals surface area contributed by atoms with E-state index in [1.165, 1.54) is 0 Å². The van der Waals surface area contributed by atoms with Gasteiger partial charge in [-0.05, 0) is 54.8 Å². The normalized spacial score (nSPS) is 14.4. The number of pyridine rings is 1. The summed E-state index contributed by atoms with van der Waals surface area (Å²) in [4.78, 5) is 26.5. The van der Waals surface area contributed by atoms with Gasteiger partial charge in [0.15, 0.2) is 0 Å². The van der Waals surface area contributed by atoms with E-state index < -0.39 is 5.92 Å². The third kappa shape index (κ3) is 5.82. The first-order valence-electron chi connectivity index (χ1n) is 13.0. The second-order valence-electron chi connectivity index (χ2n) is 9.65. The molecule has 1 N–H and O–H groups in total. The van der Waals surface area contributed by atoms with Crippen molar-refractivity contribution in [2.45, 2.75) is 38.6 Å². The molecular weight excluding hydrogens is 494 g/mol. The number of aromatic nitrogens is 1. The minimum atomic E-state index is -0.480. The third-order valence-corrected chi connectivity index (χ3v) is 7.11. The number of phenolic OH excluding ortho intramolecular Hbond substituents is 1. The minimum absolute atomic E-state index is 0.0577. The molecule has 39 heavy (non-hydrogen) atoms. The molecular formula is C32H31NO6. The van der Waals surface area contributed by atoms with Crippen LogP contribution in [0.1, 0.15) is 40.3 Å². The zero-order valence-electron chi connectivity index (χ0n) is 22.1. The number of esters is 1. The van der Waals surface area contributed by atoms with Crippen molar-refractivity contribution in [2.24, 2.45) is 0 Å². The molecule has 1 atom stereocenters. The molecule has 5 rings (SSSR count). The molecule has 0 fully saturated rings. The summed E-state index contributed by atoms with van der Waals surface area (Å²) in [5.41, 5.74) is 3.93. The highest BCUT2D eigenvalue weighted by atomic mass is 16.5. The van der Waals surface area contributed by atoms with Crippen molar-refractivity contribution >= 4 is 5.97 Å². The molecule has 1 aliphatic rings. The Morgan fingerprint density at radius 1 is 0.949 bits per heavy atom. The first kappa shape index (κ1) is 26.1. The number of fused-ring (bicyclic) bond motifs is 1. The number of para-hydroxylation sites is 1. The van der Waals surface area contributed by atoms with Gasteiger partial charge >= 0.3 is 5.97 Å². The number of carbonyl (C=O) groups is 1. The lowest BCUT2D eigenvalue weighted by Gasteiger charge is -2.27. The van der Waals surface area contributed by atoms with Gasteiger partial charge in [-0.2, -0.15) is 0 Å². The molecule has 3 aromatic carbocycles. The van der Waals surface area contributed by atoms with Crippen molar-refractivity contribution in [2.75, 3.05) is 13.7 Å². The van der Waals surface area contributed by atoms with E-state index in [4.69, 9.17) is 14.2 Å². The number of ether oxygens (including phenoxy) is 3. The van der Waals surface area contributed by atoms with Crippen LogP contribution in [0, 0.1) is 6.92 Å². The van der Waals surface area contributed by atoms with E-state index in [0.29, 0.717) is 43.1 Å². The number of carbonyl (C=O) groups excluding carboxylic acids is 1. The van der Waals surface area contributed by atoms with Crippen molar-refractivity contribution in [3.63, 3.8) is 0 Å². The number of rotatable bonds is 9. The smallest absolute Gasteiger partial charge is 0.312 e. The van der Waals surface area contributed by atoms with Crippen molar-refractivity contribution in [3.05, 3.63) is 117 Å². The van der Waals surface area contributed by atoms with E-state index in [-0.39, 0.29) is 23.7 Å². The van der Waals surface area contributed by atoms with Crippen molar-refractivity contribution < 1.29 is 24.1 Å².